The first kappa shape index (κ1) is 9.85. The molecule has 70 valence electrons. The van der Waals surface area contributed by atoms with E-state index in [-0.39, 0.29) is 0 Å². The molecule has 13 heavy (non-hydrogen) atoms. The fraction of sp³-hybridized carbons (Fsp3) is 0.333. The van der Waals surface area contributed by atoms with Gasteiger partial charge in [0, 0.05) is 11.3 Å². The summed E-state index contributed by atoms with van der Waals surface area (Å²) < 4.78 is 0. The Morgan fingerprint density at radius 1 is 1.15 bits per heavy atom. The fourth-order valence-corrected chi connectivity index (χ4v) is 1.30. The molecule has 1 rings (SSSR count). The average Bonchev–Trinajstić information content (AvgIpc) is 2.08. The van der Waals surface area contributed by atoms with Gasteiger partial charge in [0.1, 0.15) is 0 Å². The van der Waals surface area contributed by atoms with E-state index in [1.807, 2.05) is 13.8 Å². The number of hydrogen-bond acceptors (Lipinski definition) is 1. The van der Waals surface area contributed by atoms with Crippen molar-refractivity contribution in [1.82, 2.24) is 0 Å². The molecule has 1 heteroatoms. The molecule has 0 atom stereocenters. The van der Waals surface area contributed by atoms with Gasteiger partial charge in [-0.2, -0.15) is 0 Å². The Kier molecular flexibility index (Phi) is 2.76. The van der Waals surface area contributed by atoms with E-state index in [4.69, 9.17) is 5.73 Å². The highest BCUT2D eigenvalue weighted by Crippen LogP contribution is 2.18. The fourth-order valence-electron chi connectivity index (χ4n) is 1.30. The molecule has 0 unspecified atom stereocenters. The molecule has 1 aromatic rings. The zero-order valence-corrected chi connectivity index (χ0v) is 8.81. The van der Waals surface area contributed by atoms with Crippen LogP contribution in [-0.2, 0) is 0 Å². The van der Waals surface area contributed by atoms with Crippen molar-refractivity contribution in [3.05, 3.63) is 40.5 Å². The van der Waals surface area contributed by atoms with Crippen LogP contribution >= 0.6 is 0 Å². The van der Waals surface area contributed by atoms with E-state index in [0.29, 0.717) is 0 Å². The van der Waals surface area contributed by atoms with E-state index >= 15 is 0 Å². The van der Waals surface area contributed by atoms with Crippen LogP contribution in [0.2, 0.25) is 0 Å². The predicted molar refractivity (Wildman–Crippen MR) is 58.4 cm³/mol. The van der Waals surface area contributed by atoms with Gasteiger partial charge >= 0.3 is 0 Å². The first-order chi connectivity index (χ1) is 6.02. The highest BCUT2D eigenvalue weighted by Gasteiger charge is 2.02. The number of aryl methyl sites for hydroxylation is 2. The quantitative estimate of drug-likeness (QED) is 0.697. The molecule has 0 aliphatic carbocycles. The molecule has 1 nitrogen and oxygen atoms in total. The smallest absolute Gasteiger partial charge is 0.0376 e. The minimum atomic E-state index is 0.904. The van der Waals surface area contributed by atoms with Gasteiger partial charge in [0.15, 0.2) is 0 Å². The molecule has 0 aliphatic rings. The highest BCUT2D eigenvalue weighted by molar-refractivity contribution is 5.68. The van der Waals surface area contributed by atoms with Crippen molar-refractivity contribution in [2.45, 2.75) is 27.7 Å². The van der Waals surface area contributed by atoms with Gasteiger partial charge in [0.05, 0.1) is 0 Å². The molecule has 1 aromatic carbocycles. The minimum absolute atomic E-state index is 0.904. The standard InChI is InChI=1S/C12H17N/c1-8(2)12(13)11-7-9(3)5-6-10(11)4/h5-7H,13H2,1-4H3. The van der Waals surface area contributed by atoms with Gasteiger partial charge in [-0.3, -0.25) is 0 Å². The van der Waals surface area contributed by atoms with E-state index in [1.165, 1.54) is 22.3 Å². The van der Waals surface area contributed by atoms with Gasteiger partial charge in [-0.25, -0.2) is 0 Å². The predicted octanol–water partition coefficient (Wildman–Crippen LogP) is 3.01. The summed E-state index contributed by atoms with van der Waals surface area (Å²) in [4.78, 5) is 0. The van der Waals surface area contributed by atoms with Crippen LogP contribution in [0.4, 0.5) is 0 Å². The van der Waals surface area contributed by atoms with Crippen LogP contribution in [0.3, 0.4) is 0 Å². The van der Waals surface area contributed by atoms with Gasteiger partial charge in [-0.05, 0) is 39.3 Å². The Balaban J connectivity index is 3.29. The Morgan fingerprint density at radius 2 is 1.77 bits per heavy atom. The minimum Gasteiger partial charge on any atom is -0.398 e. The van der Waals surface area contributed by atoms with E-state index in [1.54, 1.807) is 0 Å². The summed E-state index contributed by atoms with van der Waals surface area (Å²) in [5.41, 5.74) is 11.7. The van der Waals surface area contributed by atoms with E-state index < -0.39 is 0 Å². The summed E-state index contributed by atoms with van der Waals surface area (Å²) in [7, 11) is 0. The Bertz CT molecular complexity index is 344. The summed E-state index contributed by atoms with van der Waals surface area (Å²) >= 11 is 0. The maximum Gasteiger partial charge on any atom is 0.0376 e. The van der Waals surface area contributed by atoms with E-state index in [0.717, 1.165) is 5.70 Å². The monoisotopic (exact) mass is 175 g/mol. The summed E-state index contributed by atoms with van der Waals surface area (Å²) in [6.07, 6.45) is 0. The molecule has 0 saturated carbocycles. The van der Waals surface area contributed by atoms with Gasteiger partial charge in [0.25, 0.3) is 0 Å². The summed E-state index contributed by atoms with van der Waals surface area (Å²) in [6, 6.07) is 6.36. The van der Waals surface area contributed by atoms with Gasteiger partial charge in [-0.15, -0.1) is 0 Å². The maximum atomic E-state index is 5.99. The first-order valence-corrected chi connectivity index (χ1v) is 4.53. The Hall–Kier alpha value is -1.24. The Morgan fingerprint density at radius 3 is 2.31 bits per heavy atom. The van der Waals surface area contributed by atoms with Crippen LogP contribution in [0.15, 0.2) is 23.8 Å². The lowest BCUT2D eigenvalue weighted by molar-refractivity contribution is 1.29. The molecule has 0 saturated heterocycles. The molecular weight excluding hydrogens is 158 g/mol. The van der Waals surface area contributed by atoms with Crippen LogP contribution in [0, 0.1) is 13.8 Å². The first-order valence-electron chi connectivity index (χ1n) is 4.53. The summed E-state index contributed by atoms with van der Waals surface area (Å²) in [5.74, 6) is 0. The molecule has 0 heterocycles. The second-order valence-electron chi connectivity index (χ2n) is 3.73. The second-order valence-corrected chi connectivity index (χ2v) is 3.73. The number of benzene rings is 1. The summed E-state index contributed by atoms with van der Waals surface area (Å²) in [5, 5.41) is 0. The molecule has 0 radical (unpaired) electrons. The molecule has 0 aliphatic heterocycles. The lowest BCUT2D eigenvalue weighted by Crippen LogP contribution is -2.01. The highest BCUT2D eigenvalue weighted by atomic mass is 14.6. The van der Waals surface area contributed by atoms with Crippen molar-refractivity contribution >= 4 is 5.70 Å². The third-order valence-electron chi connectivity index (χ3n) is 2.22. The SMILES string of the molecule is CC(C)=C(N)c1cc(C)ccc1C. The normalized spacial score (nSPS) is 9.85. The van der Waals surface area contributed by atoms with Crippen molar-refractivity contribution in [3.63, 3.8) is 0 Å². The van der Waals surface area contributed by atoms with Gasteiger partial charge < -0.3 is 5.73 Å². The molecule has 0 fully saturated rings. The van der Waals surface area contributed by atoms with Crippen molar-refractivity contribution in [3.8, 4) is 0 Å². The molecule has 0 bridgehead atoms. The lowest BCUT2D eigenvalue weighted by atomic mass is 10.0. The molecule has 2 N–H and O–H groups in total. The van der Waals surface area contributed by atoms with Crippen molar-refractivity contribution in [2.24, 2.45) is 5.73 Å². The average molecular weight is 175 g/mol. The third-order valence-corrected chi connectivity index (χ3v) is 2.22. The topological polar surface area (TPSA) is 26.0 Å². The van der Waals surface area contributed by atoms with Crippen molar-refractivity contribution in [1.29, 1.82) is 0 Å². The number of rotatable bonds is 1. The largest absolute Gasteiger partial charge is 0.398 e. The number of hydrogen-bond donors (Lipinski definition) is 1. The molecule has 0 aromatic heterocycles. The van der Waals surface area contributed by atoms with Crippen molar-refractivity contribution < 1.29 is 0 Å². The molecule has 0 amide bonds. The van der Waals surface area contributed by atoms with Crippen LogP contribution in [0.5, 0.6) is 0 Å². The Labute approximate surface area is 80.3 Å². The van der Waals surface area contributed by atoms with Crippen LogP contribution in [-0.4, -0.2) is 0 Å². The lowest BCUT2D eigenvalue weighted by Gasteiger charge is -2.08. The maximum absolute atomic E-state index is 5.99. The zero-order chi connectivity index (χ0) is 10.0. The van der Waals surface area contributed by atoms with Crippen molar-refractivity contribution in [2.75, 3.05) is 0 Å². The van der Waals surface area contributed by atoms with E-state index in [2.05, 4.69) is 32.0 Å². The molecule has 0 spiro atoms. The van der Waals surface area contributed by atoms with Gasteiger partial charge in [-0.1, -0.05) is 23.3 Å². The number of nitrogens with two attached hydrogens (primary N) is 1. The number of allylic oxidation sites excluding steroid dienone is 1. The van der Waals surface area contributed by atoms with Crippen LogP contribution < -0.4 is 5.73 Å². The van der Waals surface area contributed by atoms with Crippen LogP contribution in [0.1, 0.15) is 30.5 Å². The van der Waals surface area contributed by atoms with Gasteiger partial charge in [0.2, 0.25) is 0 Å². The summed E-state index contributed by atoms with van der Waals surface area (Å²) in [6.45, 7) is 8.25. The van der Waals surface area contributed by atoms with Crippen LogP contribution in [0.25, 0.3) is 5.70 Å². The van der Waals surface area contributed by atoms with E-state index in [9.17, 15) is 0 Å². The second kappa shape index (κ2) is 3.65. The third kappa shape index (κ3) is 2.11. The zero-order valence-electron chi connectivity index (χ0n) is 8.81. The molecular formula is C12H17N.